The molecule has 2 rings (SSSR count). The van der Waals surface area contributed by atoms with Crippen LogP contribution in [-0.2, 0) is 19.0 Å². The highest BCUT2D eigenvalue weighted by atomic mass is 127. The lowest BCUT2D eigenvalue weighted by Gasteiger charge is -2.26. The maximum Gasteiger partial charge on any atom is 0.191 e. The molecule has 26 heavy (non-hydrogen) atoms. The van der Waals surface area contributed by atoms with Crippen LogP contribution in [0.5, 0.6) is 0 Å². The first-order valence-corrected chi connectivity index (χ1v) is 8.47. The highest BCUT2D eigenvalue weighted by Gasteiger charge is 2.20. The van der Waals surface area contributed by atoms with E-state index >= 15 is 0 Å². The van der Waals surface area contributed by atoms with Crippen LogP contribution in [0.25, 0.3) is 0 Å². The molecule has 1 aromatic heterocycles. The fourth-order valence-electron chi connectivity index (χ4n) is 2.38. The number of halogens is 1. The van der Waals surface area contributed by atoms with Gasteiger partial charge in [-0.2, -0.15) is 0 Å². The minimum Gasteiger partial charge on any atom is -0.356 e. The number of aromatic nitrogens is 3. The fourth-order valence-corrected chi connectivity index (χ4v) is 2.38. The second kappa shape index (κ2) is 10.3. The van der Waals surface area contributed by atoms with Gasteiger partial charge in [-0.3, -0.25) is 0 Å². The van der Waals surface area contributed by atoms with Gasteiger partial charge in [0.05, 0.1) is 0 Å². The second-order valence-electron chi connectivity index (χ2n) is 6.66. The Bertz CT molecular complexity index is 721. The zero-order valence-electron chi connectivity index (χ0n) is 16.0. The van der Waals surface area contributed by atoms with E-state index in [1.54, 1.807) is 0 Å². The summed E-state index contributed by atoms with van der Waals surface area (Å²) in [5, 5.41) is 14.9. The second-order valence-corrected chi connectivity index (χ2v) is 6.66. The molecular weight excluding hydrogens is 439 g/mol. The number of guanidine groups is 1. The molecule has 0 saturated heterocycles. The van der Waals surface area contributed by atoms with Crippen LogP contribution >= 0.6 is 24.0 Å². The predicted octanol–water partition coefficient (Wildman–Crippen LogP) is 2.94. The number of hydrogen-bond acceptors (Lipinski definition) is 3. The number of nitrogens with one attached hydrogen (secondary N) is 2. The first kappa shape index (κ1) is 22.1. The molecule has 0 aliphatic carbocycles. The maximum atomic E-state index is 4.63. The fraction of sp³-hybridized carbons (Fsp3) is 0.421. The Hall–Kier alpha value is -1.90. The lowest BCUT2D eigenvalue weighted by Crippen LogP contribution is -2.43. The van der Waals surface area contributed by atoms with Crippen LogP contribution in [0, 0.1) is 6.92 Å². The molecule has 0 amide bonds. The molecule has 0 unspecified atom stereocenters. The van der Waals surface area contributed by atoms with Gasteiger partial charge in [-0.25, -0.2) is 4.99 Å². The quantitative estimate of drug-likeness (QED) is 0.284. The third-order valence-corrected chi connectivity index (χ3v) is 4.23. The van der Waals surface area contributed by atoms with Crippen molar-refractivity contribution in [2.45, 2.75) is 32.7 Å². The summed E-state index contributed by atoms with van der Waals surface area (Å²) in [7, 11) is 1.95. The zero-order valence-corrected chi connectivity index (χ0v) is 18.3. The summed E-state index contributed by atoms with van der Waals surface area (Å²) in [5.41, 5.74) is 1.27. The van der Waals surface area contributed by atoms with Crippen molar-refractivity contribution >= 4 is 29.9 Å². The van der Waals surface area contributed by atoms with E-state index in [0.29, 0.717) is 13.1 Å². The summed E-state index contributed by atoms with van der Waals surface area (Å²) < 4.78 is 1.95. The average Bonchev–Trinajstić information content (AvgIpc) is 2.94. The van der Waals surface area contributed by atoms with Crippen LogP contribution in [0.15, 0.2) is 48.0 Å². The van der Waals surface area contributed by atoms with E-state index in [1.165, 1.54) is 5.56 Å². The highest BCUT2D eigenvalue weighted by Crippen LogP contribution is 2.21. The lowest BCUT2D eigenvalue weighted by atomic mass is 9.85. The number of hydrogen-bond donors (Lipinski definition) is 2. The average molecular weight is 468 g/mol. The number of aliphatic imine (C=N–C) groups is 1. The van der Waals surface area contributed by atoms with Crippen molar-refractivity contribution in [1.29, 1.82) is 0 Å². The van der Waals surface area contributed by atoms with Crippen LogP contribution in [-0.4, -0.2) is 33.8 Å². The van der Waals surface area contributed by atoms with E-state index in [4.69, 9.17) is 0 Å². The van der Waals surface area contributed by atoms with Crippen LogP contribution in [0.4, 0.5) is 0 Å². The lowest BCUT2D eigenvalue weighted by molar-refractivity contribution is 0.509. The van der Waals surface area contributed by atoms with Crippen LogP contribution in [0.1, 0.15) is 31.1 Å². The van der Waals surface area contributed by atoms with Crippen molar-refractivity contribution in [2.75, 3.05) is 13.1 Å². The van der Waals surface area contributed by atoms with Crippen molar-refractivity contribution in [3.8, 4) is 0 Å². The van der Waals surface area contributed by atoms with E-state index in [0.717, 1.165) is 24.2 Å². The summed E-state index contributed by atoms with van der Waals surface area (Å²) in [4.78, 5) is 4.63. The van der Waals surface area contributed by atoms with Crippen molar-refractivity contribution in [2.24, 2.45) is 12.0 Å². The molecule has 0 atom stereocenters. The molecule has 1 aromatic carbocycles. The van der Waals surface area contributed by atoms with Crippen LogP contribution < -0.4 is 10.6 Å². The molecule has 0 aliphatic rings. The molecule has 0 fully saturated rings. The summed E-state index contributed by atoms with van der Waals surface area (Å²) in [6.45, 7) is 12.0. The molecule has 2 aromatic rings. The molecular formula is C19H29IN6. The number of benzene rings is 1. The summed E-state index contributed by atoms with van der Waals surface area (Å²) in [5.74, 6) is 2.45. The Balaban J connectivity index is 0.00000338. The van der Waals surface area contributed by atoms with Gasteiger partial charge in [-0.1, -0.05) is 50.3 Å². The minimum absolute atomic E-state index is 0. The SMILES string of the molecule is C=CCNC(=NCc1nnc(C)n1C)NCC(C)(C)c1ccccc1.I. The van der Waals surface area contributed by atoms with E-state index in [-0.39, 0.29) is 29.4 Å². The Morgan fingerprint density at radius 1 is 1.23 bits per heavy atom. The molecule has 0 aliphatic heterocycles. The van der Waals surface area contributed by atoms with Crippen molar-refractivity contribution in [3.05, 3.63) is 60.2 Å². The third kappa shape index (κ3) is 6.12. The third-order valence-electron chi connectivity index (χ3n) is 4.23. The van der Waals surface area contributed by atoms with Crippen LogP contribution in [0.2, 0.25) is 0 Å². The Morgan fingerprint density at radius 2 is 1.92 bits per heavy atom. The van der Waals surface area contributed by atoms with Crippen molar-refractivity contribution in [1.82, 2.24) is 25.4 Å². The molecule has 7 heteroatoms. The smallest absolute Gasteiger partial charge is 0.191 e. The Labute approximate surface area is 173 Å². The van der Waals surface area contributed by atoms with Gasteiger partial charge in [0.2, 0.25) is 0 Å². The summed E-state index contributed by atoms with van der Waals surface area (Å²) >= 11 is 0. The molecule has 0 radical (unpaired) electrons. The molecule has 2 N–H and O–H groups in total. The summed E-state index contributed by atoms with van der Waals surface area (Å²) in [6, 6.07) is 10.5. The van der Waals surface area contributed by atoms with E-state index < -0.39 is 0 Å². The predicted molar refractivity (Wildman–Crippen MR) is 118 cm³/mol. The molecule has 0 saturated carbocycles. The van der Waals surface area contributed by atoms with Gasteiger partial charge in [0.25, 0.3) is 0 Å². The minimum atomic E-state index is -0.0146. The van der Waals surface area contributed by atoms with E-state index in [2.05, 4.69) is 70.5 Å². The van der Waals surface area contributed by atoms with Gasteiger partial charge in [-0.05, 0) is 12.5 Å². The molecule has 1 heterocycles. The van der Waals surface area contributed by atoms with Gasteiger partial charge in [0.15, 0.2) is 11.8 Å². The Morgan fingerprint density at radius 3 is 2.50 bits per heavy atom. The van der Waals surface area contributed by atoms with Gasteiger partial charge >= 0.3 is 0 Å². The molecule has 0 bridgehead atoms. The number of aryl methyl sites for hydroxylation is 1. The van der Waals surface area contributed by atoms with Crippen molar-refractivity contribution in [3.63, 3.8) is 0 Å². The topological polar surface area (TPSA) is 67.1 Å². The van der Waals surface area contributed by atoms with Gasteiger partial charge in [0.1, 0.15) is 12.4 Å². The maximum absolute atomic E-state index is 4.63. The Kier molecular flexibility index (Phi) is 8.77. The number of rotatable bonds is 7. The van der Waals surface area contributed by atoms with Crippen LogP contribution in [0.3, 0.4) is 0 Å². The first-order chi connectivity index (χ1) is 11.9. The van der Waals surface area contributed by atoms with Gasteiger partial charge in [0, 0.05) is 25.6 Å². The largest absolute Gasteiger partial charge is 0.356 e. The number of nitrogens with zero attached hydrogens (tertiary/aromatic N) is 4. The molecule has 142 valence electrons. The normalized spacial score (nSPS) is 11.6. The molecule has 0 spiro atoms. The highest BCUT2D eigenvalue weighted by molar-refractivity contribution is 14.0. The summed E-state index contributed by atoms with van der Waals surface area (Å²) in [6.07, 6.45) is 1.81. The zero-order chi connectivity index (χ0) is 18.3. The van der Waals surface area contributed by atoms with Crippen molar-refractivity contribution < 1.29 is 0 Å². The molecule has 6 nitrogen and oxygen atoms in total. The first-order valence-electron chi connectivity index (χ1n) is 8.47. The van der Waals surface area contributed by atoms with Gasteiger partial charge < -0.3 is 15.2 Å². The van der Waals surface area contributed by atoms with E-state index in [9.17, 15) is 0 Å². The van der Waals surface area contributed by atoms with E-state index in [1.807, 2.05) is 30.7 Å². The standard InChI is InChI=1S/C19H28N6.HI/c1-6-12-20-18(21-13-17-24-23-15(2)25(17)5)22-14-19(3,4)16-10-8-7-9-11-16;/h6-11H,1,12-14H2,2-5H3,(H2,20,21,22);1H. The van der Waals surface area contributed by atoms with Gasteiger partial charge in [-0.15, -0.1) is 40.8 Å². The monoisotopic (exact) mass is 468 g/mol.